The van der Waals surface area contributed by atoms with Gasteiger partial charge in [0.1, 0.15) is 22.2 Å². The van der Waals surface area contributed by atoms with E-state index in [1.165, 1.54) is 28.3 Å². The number of thioether (sulfide) groups is 1. The molecule has 0 saturated carbocycles. The monoisotopic (exact) mass is 473 g/mol. The van der Waals surface area contributed by atoms with Gasteiger partial charge in [-0.15, -0.1) is 11.8 Å². The number of hydrogen-bond donors (Lipinski definition) is 1. The molecule has 0 radical (unpaired) electrons. The molecular weight excluding hydrogens is 456 g/mol. The number of para-hydroxylation sites is 1. The molecule has 4 rings (SSSR count). The third-order valence-corrected chi connectivity index (χ3v) is 7.05. The van der Waals surface area contributed by atoms with Gasteiger partial charge in [-0.3, -0.25) is 13.9 Å². The topological polar surface area (TPSA) is 80.5 Å². The molecule has 0 atom stereocenters. The number of aryl methyl sites for hydroxylation is 1. The van der Waals surface area contributed by atoms with Gasteiger partial charge in [0.05, 0.1) is 11.4 Å². The van der Waals surface area contributed by atoms with E-state index in [9.17, 15) is 22.0 Å². The van der Waals surface area contributed by atoms with E-state index >= 15 is 0 Å². The van der Waals surface area contributed by atoms with Crippen LogP contribution in [0, 0.1) is 18.6 Å². The maximum Gasteiger partial charge on any atom is 0.264 e. The number of nitrogens with zero attached hydrogens (tertiary/aromatic N) is 2. The standard InChI is InChI=1S/C22H17F2N3O3S2/c1-14-8-9-27-21(10-14)25-16(12-22(27)28)13-31-19-5-3-2-4-18(19)26-32(29,30)20-11-15(23)6-7-17(20)24/h2-12,26H,13H2,1H3. The summed E-state index contributed by atoms with van der Waals surface area (Å²) in [6.45, 7) is 1.90. The Morgan fingerprint density at radius 3 is 2.66 bits per heavy atom. The number of anilines is 1. The molecule has 0 unspecified atom stereocenters. The van der Waals surface area contributed by atoms with Crippen LogP contribution in [0.15, 0.2) is 81.4 Å². The second-order valence-electron chi connectivity index (χ2n) is 6.98. The minimum absolute atomic E-state index is 0.203. The summed E-state index contributed by atoms with van der Waals surface area (Å²) in [5.41, 5.74) is 1.99. The summed E-state index contributed by atoms with van der Waals surface area (Å²) < 4.78 is 56.5. The van der Waals surface area contributed by atoms with Crippen molar-refractivity contribution >= 4 is 33.1 Å². The number of pyridine rings is 1. The highest BCUT2D eigenvalue weighted by Gasteiger charge is 2.21. The lowest BCUT2D eigenvalue weighted by atomic mass is 10.3. The Morgan fingerprint density at radius 1 is 1.06 bits per heavy atom. The van der Waals surface area contributed by atoms with Crippen molar-refractivity contribution in [2.75, 3.05) is 4.72 Å². The molecule has 0 spiro atoms. The van der Waals surface area contributed by atoms with Crippen LogP contribution >= 0.6 is 11.8 Å². The summed E-state index contributed by atoms with van der Waals surface area (Å²) in [5, 5.41) is 0. The molecule has 0 aliphatic rings. The molecule has 2 heterocycles. The normalized spacial score (nSPS) is 11.6. The van der Waals surface area contributed by atoms with E-state index in [2.05, 4.69) is 9.71 Å². The summed E-state index contributed by atoms with van der Waals surface area (Å²) >= 11 is 1.26. The number of hydrogen-bond acceptors (Lipinski definition) is 5. The van der Waals surface area contributed by atoms with Gasteiger partial charge in [-0.2, -0.15) is 0 Å². The Kier molecular flexibility index (Phi) is 5.98. The van der Waals surface area contributed by atoms with Crippen molar-refractivity contribution in [3.8, 4) is 0 Å². The summed E-state index contributed by atoms with van der Waals surface area (Å²) in [7, 11) is -4.36. The Balaban J connectivity index is 1.60. The first-order valence-electron chi connectivity index (χ1n) is 9.41. The van der Waals surface area contributed by atoms with Crippen LogP contribution in [0.25, 0.3) is 5.65 Å². The van der Waals surface area contributed by atoms with Crippen molar-refractivity contribution in [3.05, 3.63) is 100 Å². The molecule has 4 aromatic rings. The molecule has 0 saturated heterocycles. The SMILES string of the molecule is Cc1ccn2c(=O)cc(CSc3ccccc3NS(=O)(=O)c3cc(F)ccc3F)nc2c1. The van der Waals surface area contributed by atoms with Gasteiger partial charge in [0.2, 0.25) is 0 Å². The fourth-order valence-corrected chi connectivity index (χ4v) is 5.17. The molecule has 0 bridgehead atoms. The van der Waals surface area contributed by atoms with Gasteiger partial charge < -0.3 is 0 Å². The minimum Gasteiger partial charge on any atom is -0.278 e. The lowest BCUT2D eigenvalue weighted by molar-refractivity contribution is 0.555. The van der Waals surface area contributed by atoms with Crippen LogP contribution in [0.2, 0.25) is 0 Å². The largest absolute Gasteiger partial charge is 0.278 e. The Morgan fingerprint density at radius 2 is 1.84 bits per heavy atom. The second-order valence-corrected chi connectivity index (χ2v) is 9.65. The van der Waals surface area contributed by atoms with Gasteiger partial charge in [-0.25, -0.2) is 22.2 Å². The van der Waals surface area contributed by atoms with Gasteiger partial charge >= 0.3 is 0 Å². The van der Waals surface area contributed by atoms with Crippen LogP contribution in [0.4, 0.5) is 14.5 Å². The van der Waals surface area contributed by atoms with Crippen LogP contribution in [-0.2, 0) is 15.8 Å². The Bertz CT molecular complexity index is 1490. The number of fused-ring (bicyclic) bond motifs is 1. The molecule has 0 aliphatic carbocycles. The predicted molar refractivity (Wildman–Crippen MR) is 119 cm³/mol. The first-order valence-corrected chi connectivity index (χ1v) is 11.9. The highest BCUT2D eigenvalue weighted by molar-refractivity contribution is 7.98. The highest BCUT2D eigenvalue weighted by atomic mass is 32.2. The molecule has 2 aromatic carbocycles. The molecule has 6 nitrogen and oxygen atoms in total. The maximum atomic E-state index is 14.0. The first-order chi connectivity index (χ1) is 15.2. The molecule has 164 valence electrons. The van der Waals surface area contributed by atoms with E-state index in [1.54, 1.807) is 30.5 Å². The Labute approximate surface area is 187 Å². The number of halogens is 2. The zero-order valence-electron chi connectivity index (χ0n) is 16.7. The average Bonchev–Trinajstić information content (AvgIpc) is 2.74. The third-order valence-electron chi connectivity index (χ3n) is 4.57. The van der Waals surface area contributed by atoms with E-state index in [0.29, 0.717) is 28.1 Å². The highest BCUT2D eigenvalue weighted by Crippen LogP contribution is 2.31. The van der Waals surface area contributed by atoms with Crippen molar-refractivity contribution < 1.29 is 17.2 Å². The average molecular weight is 474 g/mol. The molecular formula is C22H17F2N3O3S2. The molecule has 0 amide bonds. The molecule has 1 N–H and O–H groups in total. The van der Waals surface area contributed by atoms with Crippen molar-refractivity contribution in [3.63, 3.8) is 0 Å². The maximum absolute atomic E-state index is 14.0. The predicted octanol–water partition coefficient (Wildman–Crippen LogP) is 4.37. The third kappa shape index (κ3) is 4.66. The molecule has 10 heteroatoms. The van der Waals surface area contributed by atoms with Crippen molar-refractivity contribution in [1.82, 2.24) is 9.38 Å². The summed E-state index contributed by atoms with van der Waals surface area (Å²) in [4.78, 5) is 16.6. The van der Waals surface area contributed by atoms with Crippen LogP contribution in [-0.4, -0.2) is 17.8 Å². The minimum atomic E-state index is -4.36. The van der Waals surface area contributed by atoms with Crippen molar-refractivity contribution in [2.24, 2.45) is 0 Å². The van der Waals surface area contributed by atoms with Crippen molar-refractivity contribution in [2.45, 2.75) is 22.5 Å². The van der Waals surface area contributed by atoms with Gasteiger partial charge in [0, 0.05) is 22.9 Å². The molecule has 0 fully saturated rings. The van der Waals surface area contributed by atoms with Crippen molar-refractivity contribution in [1.29, 1.82) is 0 Å². The number of aromatic nitrogens is 2. The van der Waals surface area contributed by atoms with E-state index in [0.717, 1.165) is 17.7 Å². The molecule has 32 heavy (non-hydrogen) atoms. The van der Waals surface area contributed by atoms with E-state index in [4.69, 9.17) is 0 Å². The van der Waals surface area contributed by atoms with E-state index < -0.39 is 26.6 Å². The van der Waals surface area contributed by atoms with Crippen LogP contribution < -0.4 is 10.3 Å². The fraction of sp³-hybridized carbons (Fsp3) is 0.0909. The van der Waals surface area contributed by atoms with E-state index in [-0.39, 0.29) is 11.2 Å². The lowest BCUT2D eigenvalue weighted by Gasteiger charge is -2.13. The number of benzene rings is 2. The zero-order valence-corrected chi connectivity index (χ0v) is 18.4. The summed E-state index contributed by atoms with van der Waals surface area (Å²) in [6, 6.07) is 13.8. The Hall–Kier alpha value is -3.24. The van der Waals surface area contributed by atoms with Crippen LogP contribution in [0.1, 0.15) is 11.3 Å². The zero-order chi connectivity index (χ0) is 22.9. The van der Waals surface area contributed by atoms with Gasteiger partial charge in [-0.1, -0.05) is 12.1 Å². The fourth-order valence-electron chi connectivity index (χ4n) is 3.04. The van der Waals surface area contributed by atoms with Gasteiger partial charge in [0.15, 0.2) is 0 Å². The van der Waals surface area contributed by atoms with Crippen LogP contribution in [0.3, 0.4) is 0 Å². The number of nitrogens with one attached hydrogen (secondary N) is 1. The summed E-state index contributed by atoms with van der Waals surface area (Å²) in [5.74, 6) is -1.62. The molecule has 2 aromatic heterocycles. The van der Waals surface area contributed by atoms with E-state index in [1.807, 2.05) is 13.0 Å². The van der Waals surface area contributed by atoms with Crippen LogP contribution in [0.5, 0.6) is 0 Å². The number of sulfonamides is 1. The second kappa shape index (κ2) is 8.71. The first kappa shape index (κ1) is 22.0. The summed E-state index contributed by atoms with van der Waals surface area (Å²) in [6.07, 6.45) is 1.66. The smallest absolute Gasteiger partial charge is 0.264 e. The lowest BCUT2D eigenvalue weighted by Crippen LogP contribution is -2.16. The van der Waals surface area contributed by atoms with Gasteiger partial charge in [-0.05, 0) is 55.0 Å². The molecule has 0 aliphatic heterocycles. The van der Waals surface area contributed by atoms with Gasteiger partial charge in [0.25, 0.3) is 15.6 Å². The number of rotatable bonds is 6. The quantitative estimate of drug-likeness (QED) is 0.421.